The second-order valence-corrected chi connectivity index (χ2v) is 4.54. The highest BCUT2D eigenvalue weighted by Gasteiger charge is 2.15. The molecular weight excluding hydrogens is 253 g/mol. The summed E-state index contributed by atoms with van der Waals surface area (Å²) >= 11 is 5.90. The van der Waals surface area contributed by atoms with Crippen LogP contribution in [0, 0.1) is 5.82 Å². The van der Waals surface area contributed by atoms with Gasteiger partial charge in [-0.2, -0.15) is 0 Å². The van der Waals surface area contributed by atoms with Gasteiger partial charge in [0.1, 0.15) is 5.82 Å². The maximum Gasteiger partial charge on any atom is 0.126 e. The van der Waals surface area contributed by atoms with Crippen molar-refractivity contribution in [2.45, 2.75) is 19.4 Å². The van der Waals surface area contributed by atoms with E-state index >= 15 is 0 Å². The summed E-state index contributed by atoms with van der Waals surface area (Å²) in [5, 5.41) is 3.86. The summed E-state index contributed by atoms with van der Waals surface area (Å²) in [4.78, 5) is 0. The van der Waals surface area contributed by atoms with Crippen LogP contribution in [0.1, 0.15) is 24.1 Å². The molecule has 2 nitrogen and oxygen atoms in total. The van der Waals surface area contributed by atoms with Gasteiger partial charge in [0.15, 0.2) is 0 Å². The normalized spacial score (nSPS) is 12.6. The first kappa shape index (κ1) is 13.1. The molecule has 0 saturated heterocycles. The smallest absolute Gasteiger partial charge is 0.126 e. The molecule has 0 aliphatic rings. The van der Waals surface area contributed by atoms with Crippen LogP contribution in [0.3, 0.4) is 0 Å². The Hall–Kier alpha value is -1.32. The third-order valence-corrected chi connectivity index (χ3v) is 3.06. The van der Waals surface area contributed by atoms with E-state index in [1.54, 1.807) is 24.7 Å². The number of furan rings is 1. The van der Waals surface area contributed by atoms with E-state index in [9.17, 15) is 4.39 Å². The number of nitrogens with one attached hydrogen (secondary N) is 1. The Bertz CT molecular complexity index is 499. The fourth-order valence-corrected chi connectivity index (χ4v) is 2.14. The molecule has 0 fully saturated rings. The molecule has 2 rings (SSSR count). The van der Waals surface area contributed by atoms with Gasteiger partial charge in [0.25, 0.3) is 0 Å². The van der Waals surface area contributed by atoms with E-state index in [0.717, 1.165) is 12.1 Å². The minimum absolute atomic E-state index is 0.0294. The van der Waals surface area contributed by atoms with Crippen molar-refractivity contribution in [3.05, 3.63) is 58.8 Å². The number of rotatable bonds is 5. The van der Waals surface area contributed by atoms with Gasteiger partial charge < -0.3 is 9.73 Å². The minimum atomic E-state index is -0.231. The van der Waals surface area contributed by atoms with E-state index in [0.29, 0.717) is 17.0 Å². The Balaban J connectivity index is 2.21. The first-order chi connectivity index (χ1) is 8.70. The first-order valence-corrected chi connectivity index (χ1v) is 6.28. The van der Waals surface area contributed by atoms with Gasteiger partial charge in [-0.05, 0) is 42.8 Å². The molecule has 1 N–H and O–H groups in total. The molecule has 96 valence electrons. The van der Waals surface area contributed by atoms with Crippen LogP contribution in [0.4, 0.5) is 4.39 Å². The number of benzene rings is 1. The van der Waals surface area contributed by atoms with Gasteiger partial charge in [-0.25, -0.2) is 4.39 Å². The zero-order chi connectivity index (χ0) is 13.0. The number of halogens is 2. The predicted octanol–water partition coefficient (Wildman–Crippen LogP) is 3.97. The van der Waals surface area contributed by atoms with E-state index in [-0.39, 0.29) is 11.9 Å². The van der Waals surface area contributed by atoms with Crippen LogP contribution in [0.25, 0.3) is 0 Å². The largest absolute Gasteiger partial charge is 0.472 e. The van der Waals surface area contributed by atoms with E-state index in [2.05, 4.69) is 5.32 Å². The molecule has 0 aliphatic carbocycles. The van der Waals surface area contributed by atoms with Gasteiger partial charge in [0, 0.05) is 16.6 Å². The second-order valence-electron chi connectivity index (χ2n) is 4.11. The van der Waals surface area contributed by atoms with Crippen molar-refractivity contribution < 1.29 is 8.81 Å². The van der Waals surface area contributed by atoms with Crippen LogP contribution in [0.2, 0.25) is 5.02 Å². The minimum Gasteiger partial charge on any atom is -0.472 e. The van der Waals surface area contributed by atoms with E-state index in [4.69, 9.17) is 16.0 Å². The molecule has 18 heavy (non-hydrogen) atoms. The molecule has 1 unspecified atom stereocenters. The molecule has 0 aliphatic heterocycles. The highest BCUT2D eigenvalue weighted by molar-refractivity contribution is 6.30. The Morgan fingerprint density at radius 3 is 2.89 bits per heavy atom. The lowest BCUT2D eigenvalue weighted by atomic mass is 10.0. The summed E-state index contributed by atoms with van der Waals surface area (Å²) < 4.78 is 18.8. The maximum atomic E-state index is 13.7. The van der Waals surface area contributed by atoms with Crippen LogP contribution < -0.4 is 5.32 Å². The average molecular weight is 268 g/mol. The van der Waals surface area contributed by atoms with Crippen molar-refractivity contribution in [3.63, 3.8) is 0 Å². The Morgan fingerprint density at radius 2 is 2.22 bits per heavy atom. The molecule has 0 radical (unpaired) electrons. The summed E-state index contributed by atoms with van der Waals surface area (Å²) in [6.07, 6.45) is 3.84. The fourth-order valence-electron chi connectivity index (χ4n) is 1.95. The lowest BCUT2D eigenvalue weighted by Gasteiger charge is -2.16. The van der Waals surface area contributed by atoms with Crippen molar-refractivity contribution >= 4 is 11.6 Å². The number of likely N-dealkylation sites (N-methyl/N-ethyl adjacent to an activating group) is 1. The average Bonchev–Trinajstić information content (AvgIpc) is 2.87. The topological polar surface area (TPSA) is 25.2 Å². The first-order valence-electron chi connectivity index (χ1n) is 5.90. The summed E-state index contributed by atoms with van der Waals surface area (Å²) in [6.45, 7) is 2.82. The van der Waals surface area contributed by atoms with Crippen LogP contribution in [-0.4, -0.2) is 6.54 Å². The molecule has 0 bridgehead atoms. The van der Waals surface area contributed by atoms with Gasteiger partial charge in [-0.15, -0.1) is 0 Å². The molecule has 1 aromatic heterocycles. The summed E-state index contributed by atoms with van der Waals surface area (Å²) in [7, 11) is 0. The summed E-state index contributed by atoms with van der Waals surface area (Å²) in [6, 6.07) is 6.54. The van der Waals surface area contributed by atoms with Gasteiger partial charge in [0.05, 0.1) is 12.5 Å². The molecule has 0 saturated carbocycles. The van der Waals surface area contributed by atoms with Crippen molar-refractivity contribution in [1.29, 1.82) is 0 Å². The monoisotopic (exact) mass is 267 g/mol. The van der Waals surface area contributed by atoms with E-state index in [1.165, 1.54) is 6.07 Å². The zero-order valence-electron chi connectivity index (χ0n) is 10.1. The quantitative estimate of drug-likeness (QED) is 0.887. The SMILES string of the molecule is CCNC(Cc1cc(Cl)ccc1F)c1ccoc1. The zero-order valence-corrected chi connectivity index (χ0v) is 10.9. The van der Waals surface area contributed by atoms with Crippen molar-refractivity contribution in [3.8, 4) is 0 Å². The van der Waals surface area contributed by atoms with Crippen molar-refractivity contribution in [2.75, 3.05) is 6.54 Å². The second kappa shape index (κ2) is 6.03. The molecule has 1 aromatic carbocycles. The van der Waals surface area contributed by atoms with Crippen LogP contribution in [-0.2, 0) is 6.42 Å². The van der Waals surface area contributed by atoms with Crippen LogP contribution in [0.5, 0.6) is 0 Å². The number of hydrogen-bond donors (Lipinski definition) is 1. The lowest BCUT2D eigenvalue weighted by molar-refractivity contribution is 0.512. The maximum absolute atomic E-state index is 13.7. The Labute approximate surface area is 111 Å². The molecule has 0 spiro atoms. The van der Waals surface area contributed by atoms with Gasteiger partial charge in [-0.3, -0.25) is 0 Å². The Morgan fingerprint density at radius 1 is 1.39 bits per heavy atom. The third kappa shape index (κ3) is 3.12. The summed E-state index contributed by atoms with van der Waals surface area (Å²) in [5.41, 5.74) is 1.62. The number of hydrogen-bond acceptors (Lipinski definition) is 2. The standard InChI is InChI=1S/C14H15ClFNO/c1-2-17-14(10-5-6-18-9-10)8-11-7-12(15)3-4-13(11)16/h3-7,9,14,17H,2,8H2,1H3. The van der Waals surface area contributed by atoms with Crippen molar-refractivity contribution in [1.82, 2.24) is 5.32 Å². The fraction of sp³-hybridized carbons (Fsp3) is 0.286. The highest BCUT2D eigenvalue weighted by atomic mass is 35.5. The predicted molar refractivity (Wildman–Crippen MR) is 70.2 cm³/mol. The molecule has 2 aromatic rings. The van der Waals surface area contributed by atoms with Gasteiger partial charge in [-0.1, -0.05) is 18.5 Å². The van der Waals surface area contributed by atoms with Gasteiger partial charge >= 0.3 is 0 Å². The van der Waals surface area contributed by atoms with Crippen LogP contribution in [0.15, 0.2) is 41.2 Å². The van der Waals surface area contributed by atoms with E-state index < -0.39 is 0 Å². The van der Waals surface area contributed by atoms with Crippen LogP contribution >= 0.6 is 11.6 Å². The molecule has 1 atom stereocenters. The molecule has 4 heteroatoms. The lowest BCUT2D eigenvalue weighted by Crippen LogP contribution is -2.22. The van der Waals surface area contributed by atoms with Gasteiger partial charge in [0.2, 0.25) is 0 Å². The summed E-state index contributed by atoms with van der Waals surface area (Å²) in [5.74, 6) is -0.231. The van der Waals surface area contributed by atoms with Crippen molar-refractivity contribution in [2.24, 2.45) is 0 Å². The van der Waals surface area contributed by atoms with E-state index in [1.807, 2.05) is 13.0 Å². The highest BCUT2D eigenvalue weighted by Crippen LogP contribution is 2.23. The molecular formula is C14H15ClFNO. The molecule has 1 heterocycles. The molecule has 0 amide bonds. The Kier molecular flexibility index (Phi) is 4.39. The third-order valence-electron chi connectivity index (χ3n) is 2.83.